The summed E-state index contributed by atoms with van der Waals surface area (Å²) in [7, 11) is 0. The molecule has 0 aromatic heterocycles. The number of rotatable bonds is 9. The number of hydrogen-bond donors (Lipinski definition) is 4. The van der Waals surface area contributed by atoms with Crippen LogP contribution in [0.5, 0.6) is 0 Å². The van der Waals surface area contributed by atoms with Crippen LogP contribution < -0.4 is 5.32 Å². The lowest BCUT2D eigenvalue weighted by atomic mass is 9.84. The van der Waals surface area contributed by atoms with E-state index in [1.807, 2.05) is 19.9 Å². The Labute approximate surface area is 224 Å². The number of carbonyl (C=O) groups is 2. The van der Waals surface area contributed by atoms with Crippen LogP contribution in [0.25, 0.3) is 0 Å². The molecular formula is C27H42ClNO8. The van der Waals surface area contributed by atoms with Gasteiger partial charge in [0.15, 0.2) is 5.79 Å². The number of amides is 1. The number of hydrogen-bond acceptors (Lipinski definition) is 8. The summed E-state index contributed by atoms with van der Waals surface area (Å²) in [5, 5.41) is 34.4. The van der Waals surface area contributed by atoms with Crippen molar-refractivity contribution in [3.63, 3.8) is 0 Å². The lowest BCUT2D eigenvalue weighted by Gasteiger charge is -2.46. The highest BCUT2D eigenvalue weighted by Gasteiger charge is 2.51. The van der Waals surface area contributed by atoms with E-state index in [4.69, 9.17) is 25.8 Å². The van der Waals surface area contributed by atoms with Crippen LogP contribution in [0.3, 0.4) is 0 Å². The van der Waals surface area contributed by atoms with Crippen molar-refractivity contribution < 1.29 is 39.1 Å². The van der Waals surface area contributed by atoms with Gasteiger partial charge in [-0.3, -0.25) is 9.59 Å². The Hall–Kier alpha value is -1.75. The van der Waals surface area contributed by atoms with E-state index in [0.717, 1.165) is 12.0 Å². The zero-order chi connectivity index (χ0) is 28.0. The van der Waals surface area contributed by atoms with E-state index in [9.17, 15) is 24.9 Å². The van der Waals surface area contributed by atoms with E-state index in [-0.39, 0.29) is 42.4 Å². The van der Waals surface area contributed by atoms with Crippen LogP contribution in [0.2, 0.25) is 0 Å². The first-order chi connectivity index (χ1) is 17.2. The van der Waals surface area contributed by atoms with Crippen LogP contribution in [0.15, 0.2) is 36.0 Å². The van der Waals surface area contributed by atoms with E-state index in [1.54, 1.807) is 19.1 Å². The lowest BCUT2D eigenvalue weighted by Crippen LogP contribution is -2.61. The monoisotopic (exact) mass is 543 g/mol. The molecule has 0 unspecified atom stereocenters. The Bertz CT molecular complexity index is 888. The van der Waals surface area contributed by atoms with Gasteiger partial charge in [0.25, 0.3) is 0 Å². The summed E-state index contributed by atoms with van der Waals surface area (Å²) in [5.74, 6) is -2.32. The Morgan fingerprint density at radius 3 is 2.54 bits per heavy atom. The molecule has 4 N–H and O–H groups in total. The second kappa shape index (κ2) is 13.4. The number of aliphatic hydroxyl groups excluding tert-OH is 1. The van der Waals surface area contributed by atoms with Crippen molar-refractivity contribution in [3.05, 3.63) is 36.0 Å². The van der Waals surface area contributed by atoms with E-state index in [0.29, 0.717) is 6.42 Å². The molecule has 2 aliphatic heterocycles. The van der Waals surface area contributed by atoms with Gasteiger partial charge >= 0.3 is 5.97 Å². The van der Waals surface area contributed by atoms with Gasteiger partial charge in [-0.1, -0.05) is 30.7 Å². The van der Waals surface area contributed by atoms with Gasteiger partial charge in [0.1, 0.15) is 23.9 Å². The van der Waals surface area contributed by atoms with Gasteiger partial charge < -0.3 is 34.8 Å². The number of halogens is 1. The maximum absolute atomic E-state index is 12.3. The minimum atomic E-state index is -1.65. The molecule has 2 heterocycles. The third kappa shape index (κ3) is 9.50. The molecule has 10 heteroatoms. The Morgan fingerprint density at radius 2 is 1.92 bits per heavy atom. The molecule has 0 bridgehead atoms. The number of ether oxygens (including phenoxy) is 3. The maximum atomic E-state index is 12.3. The standard InChI is InChI=1S/C27H42ClNO8/c1-16(8-11-23-25(32)27(34,15-28)14-26(6,33)37-23)7-10-22-17(2)13-21(19(4)36-22)29-24(31)12-9-18(3)35-20(5)30/h7-9,11-12,17-19,21-23,25,32-34H,10,13-15H2,1-6H3,(H,29,31)/b11-8+,12-9-,16-7+/t17-,18+,19-,21+,22+,23-,25-,26-,27-/m1/s1. The molecule has 2 fully saturated rings. The molecular weight excluding hydrogens is 502 g/mol. The van der Waals surface area contributed by atoms with Gasteiger partial charge in [0, 0.05) is 19.4 Å². The van der Waals surface area contributed by atoms with Crippen LogP contribution in [0, 0.1) is 5.92 Å². The van der Waals surface area contributed by atoms with Gasteiger partial charge in [-0.05, 0) is 52.5 Å². The van der Waals surface area contributed by atoms with E-state index >= 15 is 0 Å². The second-order valence-corrected chi connectivity index (χ2v) is 10.8. The van der Waals surface area contributed by atoms with E-state index < -0.39 is 35.7 Å². The molecule has 0 spiro atoms. The largest absolute Gasteiger partial charge is 0.459 e. The molecule has 0 saturated carbocycles. The van der Waals surface area contributed by atoms with Crippen molar-refractivity contribution in [2.75, 3.05) is 5.88 Å². The topological polar surface area (TPSA) is 135 Å². The predicted octanol–water partition coefficient (Wildman–Crippen LogP) is 2.51. The van der Waals surface area contributed by atoms with E-state index in [1.165, 1.54) is 26.0 Å². The summed E-state index contributed by atoms with van der Waals surface area (Å²) in [6.07, 6.45) is 6.62. The van der Waals surface area contributed by atoms with Crippen molar-refractivity contribution >= 4 is 23.5 Å². The van der Waals surface area contributed by atoms with E-state index in [2.05, 4.69) is 12.2 Å². The zero-order valence-electron chi connectivity index (χ0n) is 22.5. The van der Waals surface area contributed by atoms with Crippen LogP contribution in [-0.4, -0.2) is 81.0 Å². The molecule has 2 rings (SSSR count). The number of alkyl halides is 1. The summed E-state index contributed by atoms with van der Waals surface area (Å²) in [6.45, 7) is 10.3. The summed E-state index contributed by atoms with van der Waals surface area (Å²) >= 11 is 5.85. The minimum Gasteiger partial charge on any atom is -0.459 e. The van der Waals surface area contributed by atoms with Crippen LogP contribution in [0.4, 0.5) is 0 Å². The fraction of sp³-hybridized carbons (Fsp3) is 0.704. The van der Waals surface area contributed by atoms with Crippen molar-refractivity contribution in [1.29, 1.82) is 0 Å². The summed E-state index contributed by atoms with van der Waals surface area (Å²) in [4.78, 5) is 23.3. The highest BCUT2D eigenvalue weighted by molar-refractivity contribution is 6.18. The summed E-state index contributed by atoms with van der Waals surface area (Å²) in [6, 6.07) is -0.143. The molecule has 0 aliphatic carbocycles. The molecule has 0 radical (unpaired) electrons. The normalized spacial score (nSPS) is 38.1. The second-order valence-electron chi connectivity index (χ2n) is 10.5. The number of nitrogens with one attached hydrogen (secondary N) is 1. The summed E-state index contributed by atoms with van der Waals surface area (Å²) < 4.78 is 16.7. The first kappa shape index (κ1) is 31.5. The molecule has 2 aliphatic rings. The quantitative estimate of drug-likeness (QED) is 0.151. The van der Waals surface area contributed by atoms with Gasteiger partial charge in [-0.2, -0.15) is 0 Å². The number of allylic oxidation sites excluding steroid dienone is 2. The average molecular weight is 544 g/mol. The lowest BCUT2D eigenvalue weighted by molar-refractivity contribution is -0.302. The molecule has 2 saturated heterocycles. The zero-order valence-corrected chi connectivity index (χ0v) is 23.3. The number of esters is 1. The molecule has 9 nitrogen and oxygen atoms in total. The smallest absolute Gasteiger partial charge is 0.303 e. The minimum absolute atomic E-state index is 0.0374. The van der Waals surface area contributed by atoms with Crippen LogP contribution >= 0.6 is 11.6 Å². The van der Waals surface area contributed by atoms with Crippen molar-refractivity contribution in [2.24, 2.45) is 5.92 Å². The molecule has 1 amide bonds. The molecule has 37 heavy (non-hydrogen) atoms. The molecule has 9 atom stereocenters. The SMILES string of the molecule is CC(=O)O[C@@H](C)/C=C\C(=O)N[C@H]1C[C@@H](C)[C@H](C/C=C(C)/C=C/[C@H]2O[C@@](C)(O)C[C@@](O)(CCl)[C@@H]2O)O[C@@H]1C. The fourth-order valence-electron chi connectivity index (χ4n) is 4.73. The van der Waals surface area contributed by atoms with Gasteiger partial charge in [0.2, 0.25) is 5.91 Å². The highest BCUT2D eigenvalue weighted by Crippen LogP contribution is 2.36. The first-order valence-electron chi connectivity index (χ1n) is 12.7. The van der Waals surface area contributed by atoms with Gasteiger partial charge in [-0.15, -0.1) is 11.6 Å². The Balaban J connectivity index is 1.91. The van der Waals surface area contributed by atoms with Crippen molar-refractivity contribution in [2.45, 2.75) is 109 Å². The predicted molar refractivity (Wildman–Crippen MR) is 140 cm³/mol. The molecule has 0 aromatic carbocycles. The molecule has 0 aromatic rings. The average Bonchev–Trinajstić information content (AvgIpc) is 2.79. The fourth-order valence-corrected chi connectivity index (χ4v) is 4.99. The Kier molecular flexibility index (Phi) is 11.4. The van der Waals surface area contributed by atoms with Crippen LogP contribution in [-0.2, 0) is 23.8 Å². The number of carbonyl (C=O) groups excluding carboxylic acids is 2. The van der Waals surface area contributed by atoms with Crippen LogP contribution in [0.1, 0.15) is 60.8 Å². The first-order valence-corrected chi connectivity index (χ1v) is 13.2. The third-order valence-electron chi connectivity index (χ3n) is 6.75. The van der Waals surface area contributed by atoms with Gasteiger partial charge in [-0.25, -0.2) is 0 Å². The Morgan fingerprint density at radius 1 is 1.24 bits per heavy atom. The van der Waals surface area contributed by atoms with Crippen molar-refractivity contribution in [3.8, 4) is 0 Å². The summed E-state index contributed by atoms with van der Waals surface area (Å²) in [5.41, 5.74) is -0.749. The third-order valence-corrected chi connectivity index (χ3v) is 7.22. The van der Waals surface area contributed by atoms with Crippen molar-refractivity contribution in [1.82, 2.24) is 5.32 Å². The highest BCUT2D eigenvalue weighted by atomic mass is 35.5. The van der Waals surface area contributed by atoms with Gasteiger partial charge in [0.05, 0.1) is 24.1 Å². The maximum Gasteiger partial charge on any atom is 0.303 e. The number of aliphatic hydroxyl groups is 3. The molecule has 210 valence electrons.